The summed E-state index contributed by atoms with van der Waals surface area (Å²) >= 11 is 0. The fraction of sp³-hybridized carbons (Fsp3) is 0.583. The molecule has 78 valence electrons. The van der Waals surface area contributed by atoms with Crippen molar-refractivity contribution in [1.82, 2.24) is 4.90 Å². The molecule has 0 N–H and O–H groups in total. The Morgan fingerprint density at radius 1 is 1.53 bits per heavy atom. The van der Waals surface area contributed by atoms with Crippen molar-refractivity contribution in [2.24, 2.45) is 0 Å². The molecule has 2 fully saturated rings. The highest BCUT2D eigenvalue weighted by Crippen LogP contribution is 2.51. The van der Waals surface area contributed by atoms with Crippen molar-refractivity contribution in [2.45, 2.75) is 36.9 Å². The lowest BCUT2D eigenvalue weighted by Gasteiger charge is -2.31. The average Bonchev–Trinajstić information content (AvgIpc) is 2.82. The van der Waals surface area contributed by atoms with Gasteiger partial charge < -0.3 is 4.74 Å². The van der Waals surface area contributed by atoms with E-state index < -0.39 is 0 Å². The number of nitrogens with zero attached hydrogens (tertiary/aromatic N) is 1. The Morgan fingerprint density at radius 3 is 3.40 bits per heavy atom. The molecule has 3 heterocycles. The van der Waals surface area contributed by atoms with Gasteiger partial charge in [-0.2, -0.15) is 0 Å². The van der Waals surface area contributed by atoms with E-state index in [4.69, 9.17) is 4.74 Å². The largest absolute Gasteiger partial charge is 0.449 e. The van der Waals surface area contributed by atoms with Crippen molar-refractivity contribution >= 4 is 5.97 Å². The van der Waals surface area contributed by atoms with Gasteiger partial charge in [-0.3, -0.25) is 4.90 Å². The zero-order valence-corrected chi connectivity index (χ0v) is 8.48. The Morgan fingerprint density at radius 2 is 2.47 bits per heavy atom. The van der Waals surface area contributed by atoms with E-state index in [2.05, 4.69) is 17.1 Å². The molecule has 3 atom stereocenters. The molecule has 0 amide bonds. The van der Waals surface area contributed by atoms with Crippen LogP contribution in [-0.2, 0) is 9.53 Å². The van der Waals surface area contributed by atoms with Crippen molar-refractivity contribution in [2.75, 3.05) is 6.54 Å². The summed E-state index contributed by atoms with van der Waals surface area (Å²) in [7, 11) is 0. The summed E-state index contributed by atoms with van der Waals surface area (Å²) in [6, 6.07) is 0.941. The van der Waals surface area contributed by atoms with Gasteiger partial charge >= 0.3 is 5.97 Å². The highest BCUT2D eigenvalue weighted by molar-refractivity contribution is 5.88. The first-order valence-corrected chi connectivity index (χ1v) is 5.69. The predicted octanol–water partition coefficient (Wildman–Crippen LogP) is 1.01. The molecule has 3 heteroatoms. The summed E-state index contributed by atoms with van der Waals surface area (Å²) < 4.78 is 5.63. The normalized spacial score (nSPS) is 46.4. The minimum absolute atomic E-state index is 0.149. The summed E-state index contributed by atoms with van der Waals surface area (Å²) in [4.78, 5) is 13.9. The zero-order valence-electron chi connectivity index (χ0n) is 8.48. The van der Waals surface area contributed by atoms with Gasteiger partial charge in [0.2, 0.25) is 0 Å². The highest BCUT2D eigenvalue weighted by Gasteiger charge is 2.60. The van der Waals surface area contributed by atoms with Gasteiger partial charge in [-0.15, -0.1) is 0 Å². The monoisotopic (exact) mass is 203 g/mol. The minimum atomic E-state index is -0.271. The third-order valence-corrected chi connectivity index (χ3v) is 4.31. The Labute approximate surface area is 88.4 Å². The summed E-state index contributed by atoms with van der Waals surface area (Å²) in [5.41, 5.74) is 0.839. The van der Waals surface area contributed by atoms with E-state index in [1.165, 1.54) is 12.8 Å². The highest BCUT2D eigenvalue weighted by atomic mass is 16.6. The van der Waals surface area contributed by atoms with E-state index in [1.54, 1.807) is 6.08 Å². The van der Waals surface area contributed by atoms with Gasteiger partial charge in [0.05, 0.1) is 6.04 Å². The summed E-state index contributed by atoms with van der Waals surface area (Å²) in [5.74, 6) is -0.149. The van der Waals surface area contributed by atoms with Gasteiger partial charge in [0.15, 0.2) is 5.60 Å². The van der Waals surface area contributed by atoms with Crippen LogP contribution < -0.4 is 0 Å². The van der Waals surface area contributed by atoms with E-state index >= 15 is 0 Å². The van der Waals surface area contributed by atoms with Crippen molar-refractivity contribution in [3.8, 4) is 0 Å². The number of hydrogen-bond donors (Lipinski definition) is 0. The van der Waals surface area contributed by atoms with Crippen molar-refractivity contribution < 1.29 is 9.53 Å². The van der Waals surface area contributed by atoms with E-state index in [0.29, 0.717) is 12.1 Å². The molecule has 1 aliphatic carbocycles. The van der Waals surface area contributed by atoms with Gasteiger partial charge in [-0.1, -0.05) is 12.2 Å². The maximum absolute atomic E-state index is 11.4. The number of carbonyl (C=O) groups excluding carboxylic acids is 1. The van der Waals surface area contributed by atoms with Crippen molar-refractivity contribution in [1.29, 1.82) is 0 Å². The first kappa shape index (κ1) is 8.11. The van der Waals surface area contributed by atoms with Gasteiger partial charge in [-0.25, -0.2) is 4.79 Å². The number of fused-ring (bicyclic) bond motifs is 3. The van der Waals surface area contributed by atoms with Crippen LogP contribution in [0.15, 0.2) is 23.8 Å². The van der Waals surface area contributed by atoms with Crippen LogP contribution in [0.25, 0.3) is 0 Å². The number of carbonyl (C=O) groups is 1. The maximum Gasteiger partial charge on any atom is 0.332 e. The van der Waals surface area contributed by atoms with Crippen LogP contribution in [0.2, 0.25) is 0 Å². The topological polar surface area (TPSA) is 29.5 Å². The van der Waals surface area contributed by atoms with Crippen LogP contribution >= 0.6 is 0 Å². The molecule has 3 nitrogen and oxygen atoms in total. The van der Waals surface area contributed by atoms with Gasteiger partial charge in [0.25, 0.3) is 0 Å². The third-order valence-electron chi connectivity index (χ3n) is 4.31. The summed E-state index contributed by atoms with van der Waals surface area (Å²) in [6.45, 7) is 1.16. The number of ether oxygens (including phenoxy) is 1. The van der Waals surface area contributed by atoms with Gasteiger partial charge in [0, 0.05) is 24.1 Å². The Kier molecular flexibility index (Phi) is 1.27. The van der Waals surface area contributed by atoms with E-state index in [1.807, 2.05) is 0 Å². The number of esters is 1. The first-order valence-electron chi connectivity index (χ1n) is 5.69. The Hall–Kier alpha value is -1.09. The molecule has 0 aromatic heterocycles. The smallest absolute Gasteiger partial charge is 0.332 e. The first-order chi connectivity index (χ1) is 7.29. The zero-order chi connectivity index (χ0) is 10.0. The average molecular weight is 203 g/mol. The molecule has 0 saturated carbocycles. The van der Waals surface area contributed by atoms with Crippen LogP contribution in [0.1, 0.15) is 19.3 Å². The molecule has 0 aromatic carbocycles. The van der Waals surface area contributed by atoms with Crippen LogP contribution in [0.5, 0.6) is 0 Å². The fourth-order valence-corrected chi connectivity index (χ4v) is 3.77. The standard InChI is InChI=1S/C12H13NO2/c14-11-6-8-3-4-9-7-12(8,15-11)10-2-1-5-13(9)10/h3-4,6,9-10H,1-2,5,7H2/t9-,10+,12+/m0/s1. The second-order valence-corrected chi connectivity index (χ2v) is 4.94. The molecule has 0 radical (unpaired) electrons. The molecule has 1 spiro atoms. The van der Waals surface area contributed by atoms with Crippen molar-refractivity contribution in [3.63, 3.8) is 0 Å². The Balaban J connectivity index is 1.89. The van der Waals surface area contributed by atoms with Crippen LogP contribution in [-0.4, -0.2) is 35.1 Å². The lowest BCUT2D eigenvalue weighted by molar-refractivity contribution is -0.147. The number of rotatable bonds is 0. The molecule has 2 saturated heterocycles. The second-order valence-electron chi connectivity index (χ2n) is 4.94. The van der Waals surface area contributed by atoms with Crippen LogP contribution in [0.3, 0.4) is 0 Å². The molecule has 4 rings (SSSR count). The summed E-state index contributed by atoms with van der Waals surface area (Å²) in [5, 5.41) is 0. The maximum atomic E-state index is 11.4. The van der Waals surface area contributed by atoms with Crippen LogP contribution in [0, 0.1) is 0 Å². The van der Waals surface area contributed by atoms with Crippen molar-refractivity contribution in [3.05, 3.63) is 23.8 Å². The van der Waals surface area contributed by atoms with E-state index in [0.717, 1.165) is 18.5 Å². The second kappa shape index (κ2) is 2.35. The SMILES string of the molecule is O=C1C=C2C=C[C@H]3C[C@]2(O1)[C@H]1CCCN31. The molecule has 2 bridgehead atoms. The molecule has 15 heavy (non-hydrogen) atoms. The summed E-state index contributed by atoms with van der Waals surface area (Å²) in [6.07, 6.45) is 9.39. The lowest BCUT2D eigenvalue weighted by Crippen LogP contribution is -2.42. The van der Waals surface area contributed by atoms with E-state index in [9.17, 15) is 4.79 Å². The van der Waals surface area contributed by atoms with Crippen LogP contribution in [0.4, 0.5) is 0 Å². The molecule has 4 aliphatic rings. The minimum Gasteiger partial charge on any atom is -0.449 e. The molecular weight excluding hydrogens is 190 g/mol. The lowest BCUT2D eigenvalue weighted by atomic mass is 9.81. The number of hydrogen-bond acceptors (Lipinski definition) is 3. The van der Waals surface area contributed by atoms with E-state index in [-0.39, 0.29) is 11.6 Å². The molecule has 0 aromatic rings. The third kappa shape index (κ3) is 0.797. The molecule has 0 unspecified atom stereocenters. The predicted molar refractivity (Wildman–Crippen MR) is 54.2 cm³/mol. The van der Waals surface area contributed by atoms with Gasteiger partial charge in [0.1, 0.15) is 0 Å². The van der Waals surface area contributed by atoms with Gasteiger partial charge in [-0.05, 0) is 19.4 Å². The Bertz CT molecular complexity index is 412. The molecule has 3 aliphatic heterocycles. The molecular formula is C12H13NO2. The quantitative estimate of drug-likeness (QED) is 0.550. The fourth-order valence-electron chi connectivity index (χ4n) is 3.77.